The molecule has 1 N–H and O–H groups in total. The van der Waals surface area contributed by atoms with Crippen molar-refractivity contribution in [3.05, 3.63) is 42.2 Å². The number of hydrogen-bond donors (Lipinski definition) is 1. The molecule has 5 rings (SSSR count). The van der Waals surface area contributed by atoms with Gasteiger partial charge in [-0.25, -0.2) is 9.31 Å². The fraction of sp³-hybridized carbons (Fsp3) is 0.364. The Morgan fingerprint density at radius 2 is 2.16 bits per heavy atom. The van der Waals surface area contributed by atoms with Gasteiger partial charge in [-0.1, -0.05) is 0 Å². The summed E-state index contributed by atoms with van der Waals surface area (Å²) in [6, 6.07) is 7.01. The Balaban J connectivity index is 1.60. The summed E-state index contributed by atoms with van der Waals surface area (Å²) in [4.78, 5) is 31.4. The summed E-state index contributed by atoms with van der Waals surface area (Å²) in [5.74, 6) is -0.0604. The molecule has 0 saturated carbocycles. The Bertz CT molecular complexity index is 1190. The van der Waals surface area contributed by atoms with Crippen molar-refractivity contribution in [1.29, 1.82) is 0 Å². The average molecular weight is 437 g/mol. The minimum Gasteiger partial charge on any atom is -0.475 e. The SMILES string of the molecule is COC(=O)c1cc2cc(c1)-c1cnn3ccc(nc13)OC[C@@H]1C[C@@H](OC)C(=O)N1CCN2. The number of amides is 1. The van der Waals surface area contributed by atoms with Crippen LogP contribution in [0.4, 0.5) is 5.69 Å². The van der Waals surface area contributed by atoms with Crippen LogP contribution in [0.5, 0.6) is 5.88 Å². The molecule has 1 aromatic carbocycles. The maximum absolute atomic E-state index is 12.8. The number of carbonyl (C=O) groups excluding carboxylic acids is 2. The van der Waals surface area contributed by atoms with Crippen LogP contribution in [0.1, 0.15) is 16.8 Å². The van der Waals surface area contributed by atoms with Crippen molar-refractivity contribution in [2.75, 3.05) is 39.2 Å². The van der Waals surface area contributed by atoms with Gasteiger partial charge in [0.05, 0.1) is 24.9 Å². The standard InChI is InChI=1S/C22H23N5O5/c1-30-18-10-16-12-32-19-3-5-27-20(25-19)17(11-24-27)13-7-14(22(29)31-2)9-15(8-13)23-4-6-26(16)21(18)28/h3,5,7-9,11,16,18,23H,4,6,10,12H2,1-2H3/t16-,18+/m0/s1. The first-order chi connectivity index (χ1) is 15.6. The molecular weight excluding hydrogens is 414 g/mol. The molecule has 1 saturated heterocycles. The van der Waals surface area contributed by atoms with E-state index in [4.69, 9.17) is 14.2 Å². The highest BCUT2D eigenvalue weighted by molar-refractivity contribution is 5.93. The van der Waals surface area contributed by atoms with E-state index in [1.165, 1.54) is 7.11 Å². The molecule has 4 heterocycles. The Hall–Kier alpha value is -3.66. The topological polar surface area (TPSA) is 107 Å². The summed E-state index contributed by atoms with van der Waals surface area (Å²) in [7, 11) is 2.89. The van der Waals surface area contributed by atoms with Crippen LogP contribution < -0.4 is 10.1 Å². The first-order valence-corrected chi connectivity index (χ1v) is 10.4. The number of esters is 1. The van der Waals surface area contributed by atoms with Crippen LogP contribution in [0.3, 0.4) is 0 Å². The molecule has 0 spiro atoms. The Morgan fingerprint density at radius 3 is 2.97 bits per heavy atom. The maximum atomic E-state index is 12.8. The number of anilines is 1. The van der Waals surface area contributed by atoms with Gasteiger partial charge in [0.2, 0.25) is 5.88 Å². The van der Waals surface area contributed by atoms with Gasteiger partial charge in [-0.3, -0.25) is 4.79 Å². The first-order valence-electron chi connectivity index (χ1n) is 10.4. The van der Waals surface area contributed by atoms with Crippen molar-refractivity contribution in [3.8, 4) is 17.0 Å². The predicted octanol–water partition coefficient (Wildman–Crippen LogP) is 1.60. The molecule has 1 fully saturated rings. The highest BCUT2D eigenvalue weighted by atomic mass is 16.5. The molecule has 32 heavy (non-hydrogen) atoms. The van der Waals surface area contributed by atoms with Gasteiger partial charge in [0, 0.05) is 50.1 Å². The van der Waals surface area contributed by atoms with Gasteiger partial charge in [0.15, 0.2) is 5.65 Å². The van der Waals surface area contributed by atoms with Gasteiger partial charge >= 0.3 is 5.97 Å². The molecule has 0 unspecified atom stereocenters. The van der Waals surface area contributed by atoms with Crippen LogP contribution in [0, 0.1) is 0 Å². The summed E-state index contributed by atoms with van der Waals surface area (Å²) >= 11 is 0. The van der Waals surface area contributed by atoms with Crippen molar-refractivity contribution in [3.63, 3.8) is 0 Å². The van der Waals surface area contributed by atoms with E-state index < -0.39 is 12.1 Å². The lowest BCUT2D eigenvalue weighted by Crippen LogP contribution is -2.41. The molecule has 0 aliphatic carbocycles. The molecule has 0 radical (unpaired) electrons. The quantitative estimate of drug-likeness (QED) is 0.603. The number of fused-ring (bicyclic) bond motifs is 5. The van der Waals surface area contributed by atoms with Gasteiger partial charge in [-0.15, -0.1) is 0 Å². The van der Waals surface area contributed by atoms with Crippen LogP contribution in [-0.2, 0) is 14.3 Å². The molecule has 2 atom stereocenters. The predicted molar refractivity (Wildman–Crippen MR) is 115 cm³/mol. The Morgan fingerprint density at radius 1 is 1.28 bits per heavy atom. The largest absolute Gasteiger partial charge is 0.475 e. The lowest BCUT2D eigenvalue weighted by molar-refractivity contribution is -0.136. The van der Waals surface area contributed by atoms with E-state index in [1.54, 1.807) is 47.1 Å². The molecule has 1 amide bonds. The lowest BCUT2D eigenvalue weighted by Gasteiger charge is -2.25. The third-order valence-electron chi connectivity index (χ3n) is 5.88. The number of benzene rings is 1. The Kier molecular flexibility index (Phi) is 5.14. The van der Waals surface area contributed by atoms with Gasteiger partial charge < -0.3 is 24.4 Å². The number of methoxy groups -OCH3 is 2. The maximum Gasteiger partial charge on any atom is 0.337 e. The van der Waals surface area contributed by atoms with E-state index >= 15 is 0 Å². The molecule has 10 heteroatoms. The fourth-order valence-electron chi connectivity index (χ4n) is 4.25. The minimum absolute atomic E-state index is 0.0551. The number of hydrogen-bond acceptors (Lipinski definition) is 8. The third-order valence-corrected chi connectivity index (χ3v) is 5.88. The number of nitrogens with zero attached hydrogens (tertiary/aromatic N) is 4. The van der Waals surface area contributed by atoms with Crippen molar-refractivity contribution >= 4 is 23.2 Å². The van der Waals surface area contributed by atoms with Crippen molar-refractivity contribution in [2.45, 2.75) is 18.6 Å². The molecule has 2 aromatic heterocycles. The van der Waals surface area contributed by atoms with E-state index in [1.807, 2.05) is 6.07 Å². The smallest absolute Gasteiger partial charge is 0.337 e. The van der Waals surface area contributed by atoms with Gasteiger partial charge in [0.1, 0.15) is 12.7 Å². The minimum atomic E-state index is -0.481. The second-order valence-corrected chi connectivity index (χ2v) is 7.77. The van der Waals surface area contributed by atoms with Crippen molar-refractivity contribution in [2.24, 2.45) is 0 Å². The number of carbonyl (C=O) groups is 2. The normalized spacial score (nSPS) is 20.4. The average Bonchev–Trinajstić information content (AvgIpc) is 3.37. The fourth-order valence-corrected chi connectivity index (χ4v) is 4.25. The van der Waals surface area contributed by atoms with E-state index in [0.29, 0.717) is 43.2 Å². The van der Waals surface area contributed by atoms with Crippen LogP contribution >= 0.6 is 0 Å². The monoisotopic (exact) mass is 437 g/mol. The van der Waals surface area contributed by atoms with Crippen LogP contribution in [0.25, 0.3) is 16.8 Å². The molecule has 166 valence electrons. The summed E-state index contributed by atoms with van der Waals surface area (Å²) in [6.45, 7) is 1.28. The van der Waals surface area contributed by atoms with E-state index in [-0.39, 0.29) is 11.9 Å². The summed E-state index contributed by atoms with van der Waals surface area (Å²) in [5, 5.41) is 7.70. The molecule has 4 bridgehead atoms. The van der Waals surface area contributed by atoms with Crippen molar-refractivity contribution < 1.29 is 23.8 Å². The third kappa shape index (κ3) is 3.52. The second-order valence-electron chi connectivity index (χ2n) is 7.77. The molecule has 2 aliphatic heterocycles. The van der Waals surface area contributed by atoms with Gasteiger partial charge in [0.25, 0.3) is 5.91 Å². The Labute approximate surface area is 184 Å². The zero-order valence-electron chi connectivity index (χ0n) is 17.8. The van der Waals surface area contributed by atoms with E-state index in [0.717, 1.165) is 16.8 Å². The highest BCUT2D eigenvalue weighted by Crippen LogP contribution is 2.30. The zero-order valence-corrected chi connectivity index (χ0v) is 17.8. The van der Waals surface area contributed by atoms with Gasteiger partial charge in [-0.2, -0.15) is 10.1 Å². The lowest BCUT2D eigenvalue weighted by atomic mass is 10.0. The zero-order chi connectivity index (χ0) is 22.2. The van der Waals surface area contributed by atoms with Crippen LogP contribution in [-0.4, -0.2) is 77.4 Å². The molecule has 10 nitrogen and oxygen atoms in total. The first kappa shape index (κ1) is 20.3. The van der Waals surface area contributed by atoms with Gasteiger partial charge in [-0.05, 0) is 23.8 Å². The molecular formula is C22H23N5O5. The molecule has 3 aromatic rings. The van der Waals surface area contributed by atoms with Crippen LogP contribution in [0.15, 0.2) is 36.7 Å². The van der Waals surface area contributed by atoms with E-state index in [2.05, 4.69) is 15.4 Å². The molecule has 2 aliphatic rings. The van der Waals surface area contributed by atoms with Crippen molar-refractivity contribution in [1.82, 2.24) is 19.5 Å². The number of aromatic nitrogens is 3. The number of ether oxygens (including phenoxy) is 3. The highest BCUT2D eigenvalue weighted by Gasteiger charge is 2.39. The summed E-state index contributed by atoms with van der Waals surface area (Å²) in [6.07, 6.45) is 3.55. The number of nitrogens with one attached hydrogen (secondary N) is 1. The summed E-state index contributed by atoms with van der Waals surface area (Å²) in [5.41, 5.74) is 3.26. The summed E-state index contributed by atoms with van der Waals surface area (Å²) < 4.78 is 17.9. The van der Waals surface area contributed by atoms with E-state index in [9.17, 15) is 9.59 Å². The second kappa shape index (κ2) is 8.12. The van der Waals surface area contributed by atoms with Crippen LogP contribution in [0.2, 0.25) is 0 Å². The number of rotatable bonds is 2.